The molecule has 0 saturated carbocycles. The summed E-state index contributed by atoms with van der Waals surface area (Å²) in [6.45, 7) is 7.61. The number of ether oxygens (including phenoxy) is 1. The molecule has 0 spiro atoms. The van der Waals surface area contributed by atoms with Gasteiger partial charge in [0.1, 0.15) is 5.56 Å². The summed E-state index contributed by atoms with van der Waals surface area (Å²) in [4.78, 5) is 24.7. The summed E-state index contributed by atoms with van der Waals surface area (Å²) in [7, 11) is 1.22. The average Bonchev–Trinajstić information content (AvgIpc) is 2.55. The van der Waals surface area contributed by atoms with E-state index in [-0.39, 0.29) is 11.3 Å². The van der Waals surface area contributed by atoms with Crippen LogP contribution in [0.25, 0.3) is 0 Å². The van der Waals surface area contributed by atoms with Crippen molar-refractivity contribution in [2.45, 2.75) is 32.7 Å². The van der Waals surface area contributed by atoms with Crippen molar-refractivity contribution in [3.05, 3.63) is 33.9 Å². The first kappa shape index (κ1) is 18.2. The minimum atomic E-state index is -0.697. The molecule has 2 rings (SSSR count). The molecular formula is C17H25N3O4. The zero-order chi connectivity index (χ0) is 17.7. The van der Waals surface area contributed by atoms with Gasteiger partial charge in [0.25, 0.3) is 5.69 Å². The predicted molar refractivity (Wildman–Crippen MR) is 92.4 cm³/mol. The maximum atomic E-state index is 11.8. The summed E-state index contributed by atoms with van der Waals surface area (Å²) in [5.41, 5.74) is 0.451. The highest BCUT2D eigenvalue weighted by atomic mass is 16.6. The van der Waals surface area contributed by atoms with Crippen molar-refractivity contribution in [1.29, 1.82) is 0 Å². The number of hydrogen-bond donors (Lipinski definition) is 1. The molecule has 1 aromatic carbocycles. The summed E-state index contributed by atoms with van der Waals surface area (Å²) in [6.07, 6.45) is 2.02. The molecule has 1 heterocycles. The van der Waals surface area contributed by atoms with Crippen LogP contribution < -0.4 is 5.32 Å². The first-order chi connectivity index (χ1) is 11.4. The van der Waals surface area contributed by atoms with Gasteiger partial charge in [-0.2, -0.15) is 0 Å². The van der Waals surface area contributed by atoms with Gasteiger partial charge in [-0.05, 0) is 30.9 Å². The number of nitrogens with one attached hydrogen (secondary N) is 1. The van der Waals surface area contributed by atoms with Crippen LogP contribution in [0, 0.1) is 16.0 Å². The SMILES string of the molecule is COC(=O)c1cc(NC2CCN(CC(C)C)CC2)ccc1[N+](=O)[O-]. The lowest BCUT2D eigenvalue weighted by Gasteiger charge is -2.33. The molecule has 0 aliphatic carbocycles. The number of piperidine rings is 1. The number of anilines is 1. The Kier molecular flexibility index (Phi) is 6.14. The van der Waals surface area contributed by atoms with Gasteiger partial charge < -0.3 is 15.0 Å². The number of rotatable bonds is 6. The first-order valence-corrected chi connectivity index (χ1v) is 8.26. The van der Waals surface area contributed by atoms with Gasteiger partial charge in [0.05, 0.1) is 12.0 Å². The lowest BCUT2D eigenvalue weighted by atomic mass is 10.0. The Morgan fingerprint density at radius 1 is 1.42 bits per heavy atom. The van der Waals surface area contributed by atoms with Crippen molar-refractivity contribution in [2.24, 2.45) is 5.92 Å². The molecule has 1 N–H and O–H groups in total. The van der Waals surface area contributed by atoms with Crippen LogP contribution in [0.15, 0.2) is 18.2 Å². The van der Waals surface area contributed by atoms with Crippen LogP contribution in [0.5, 0.6) is 0 Å². The van der Waals surface area contributed by atoms with Gasteiger partial charge in [-0.15, -0.1) is 0 Å². The summed E-state index contributed by atoms with van der Waals surface area (Å²) in [5.74, 6) is -0.0381. The van der Waals surface area contributed by atoms with Crippen molar-refractivity contribution in [3.63, 3.8) is 0 Å². The first-order valence-electron chi connectivity index (χ1n) is 8.26. The molecule has 1 fully saturated rings. The maximum absolute atomic E-state index is 11.8. The fourth-order valence-corrected chi connectivity index (χ4v) is 3.07. The Balaban J connectivity index is 2.03. The highest BCUT2D eigenvalue weighted by Gasteiger charge is 2.23. The molecule has 1 saturated heterocycles. The Hall–Kier alpha value is -2.15. The van der Waals surface area contributed by atoms with Gasteiger partial charge in [-0.1, -0.05) is 13.8 Å². The molecule has 7 nitrogen and oxygen atoms in total. The molecule has 0 radical (unpaired) electrons. The number of hydrogen-bond acceptors (Lipinski definition) is 6. The van der Waals surface area contributed by atoms with E-state index in [4.69, 9.17) is 0 Å². The Bertz CT molecular complexity index is 595. The molecule has 24 heavy (non-hydrogen) atoms. The molecule has 0 atom stereocenters. The average molecular weight is 335 g/mol. The number of carbonyl (C=O) groups is 1. The molecule has 0 bridgehead atoms. The zero-order valence-electron chi connectivity index (χ0n) is 14.4. The van der Waals surface area contributed by atoms with Crippen molar-refractivity contribution in [1.82, 2.24) is 4.90 Å². The van der Waals surface area contributed by atoms with Crippen LogP contribution in [0.2, 0.25) is 0 Å². The van der Waals surface area contributed by atoms with E-state index in [1.165, 1.54) is 19.2 Å². The molecule has 1 aliphatic rings. The van der Waals surface area contributed by atoms with Crippen molar-refractivity contribution < 1.29 is 14.5 Å². The second-order valence-corrected chi connectivity index (χ2v) is 6.59. The monoisotopic (exact) mass is 335 g/mol. The van der Waals surface area contributed by atoms with Crippen LogP contribution >= 0.6 is 0 Å². The summed E-state index contributed by atoms with van der Waals surface area (Å²) < 4.78 is 4.65. The standard InChI is InChI=1S/C17H25N3O4/c1-12(2)11-19-8-6-13(7-9-19)18-14-4-5-16(20(22)23)15(10-14)17(21)24-3/h4-5,10,12-13,18H,6-9,11H2,1-3H3. The van der Waals surface area contributed by atoms with Crippen molar-refractivity contribution in [2.75, 3.05) is 32.1 Å². The number of nitro groups is 1. The third-order valence-electron chi connectivity index (χ3n) is 4.18. The van der Waals surface area contributed by atoms with Crippen LogP contribution in [0.4, 0.5) is 11.4 Å². The van der Waals surface area contributed by atoms with E-state index in [0.29, 0.717) is 17.6 Å². The van der Waals surface area contributed by atoms with Gasteiger partial charge in [0.2, 0.25) is 0 Å². The largest absolute Gasteiger partial charge is 0.465 e. The molecule has 1 aliphatic heterocycles. The lowest BCUT2D eigenvalue weighted by molar-refractivity contribution is -0.385. The van der Waals surface area contributed by atoms with E-state index in [1.807, 2.05) is 0 Å². The molecule has 0 aromatic heterocycles. The third-order valence-corrected chi connectivity index (χ3v) is 4.18. The molecule has 0 unspecified atom stereocenters. The second-order valence-electron chi connectivity index (χ2n) is 6.59. The number of esters is 1. The summed E-state index contributed by atoms with van der Waals surface area (Å²) >= 11 is 0. The van der Waals surface area contributed by atoms with Crippen LogP contribution in [0.1, 0.15) is 37.0 Å². The Morgan fingerprint density at radius 2 is 2.08 bits per heavy atom. The van der Waals surface area contributed by atoms with Crippen LogP contribution in [-0.2, 0) is 4.74 Å². The van der Waals surface area contributed by atoms with E-state index < -0.39 is 10.9 Å². The highest BCUT2D eigenvalue weighted by Crippen LogP contribution is 2.25. The summed E-state index contributed by atoms with van der Waals surface area (Å²) in [6, 6.07) is 4.80. The number of methoxy groups -OCH3 is 1. The maximum Gasteiger partial charge on any atom is 0.344 e. The fourth-order valence-electron chi connectivity index (χ4n) is 3.07. The smallest absolute Gasteiger partial charge is 0.344 e. The van der Waals surface area contributed by atoms with Crippen molar-refractivity contribution in [3.8, 4) is 0 Å². The molecule has 0 amide bonds. The number of likely N-dealkylation sites (tertiary alicyclic amines) is 1. The number of nitro benzene ring substituents is 1. The van der Waals surface area contributed by atoms with Crippen molar-refractivity contribution >= 4 is 17.3 Å². The zero-order valence-corrected chi connectivity index (χ0v) is 14.4. The molecule has 7 heteroatoms. The third kappa shape index (κ3) is 4.67. The number of carbonyl (C=O) groups excluding carboxylic acids is 1. The Labute approximate surface area is 142 Å². The minimum Gasteiger partial charge on any atom is -0.465 e. The molecule has 132 valence electrons. The quantitative estimate of drug-likeness (QED) is 0.489. The van der Waals surface area contributed by atoms with E-state index in [0.717, 1.165) is 32.5 Å². The molecular weight excluding hydrogens is 310 g/mol. The highest BCUT2D eigenvalue weighted by molar-refractivity contribution is 5.95. The van der Waals surface area contributed by atoms with E-state index in [1.54, 1.807) is 6.07 Å². The second kappa shape index (κ2) is 8.10. The normalized spacial score (nSPS) is 16.2. The van der Waals surface area contributed by atoms with Gasteiger partial charge in [-0.3, -0.25) is 10.1 Å². The van der Waals surface area contributed by atoms with Crippen LogP contribution in [0.3, 0.4) is 0 Å². The predicted octanol–water partition coefficient (Wildman–Crippen LogP) is 2.91. The van der Waals surface area contributed by atoms with Gasteiger partial charge in [0.15, 0.2) is 0 Å². The topological polar surface area (TPSA) is 84.7 Å². The van der Waals surface area contributed by atoms with Crippen LogP contribution in [-0.4, -0.2) is 48.6 Å². The van der Waals surface area contributed by atoms with E-state index in [9.17, 15) is 14.9 Å². The van der Waals surface area contributed by atoms with Gasteiger partial charge >= 0.3 is 5.97 Å². The van der Waals surface area contributed by atoms with E-state index in [2.05, 4.69) is 28.8 Å². The number of nitrogens with zero attached hydrogens (tertiary/aromatic N) is 2. The van der Waals surface area contributed by atoms with E-state index >= 15 is 0 Å². The molecule has 1 aromatic rings. The minimum absolute atomic E-state index is 0.0234. The fraction of sp³-hybridized carbons (Fsp3) is 0.588. The Morgan fingerprint density at radius 3 is 2.62 bits per heavy atom. The lowest BCUT2D eigenvalue weighted by Crippen LogP contribution is -2.40. The number of benzene rings is 1. The van der Waals surface area contributed by atoms with Gasteiger partial charge in [-0.25, -0.2) is 4.79 Å². The summed E-state index contributed by atoms with van der Waals surface area (Å²) in [5, 5.41) is 14.4. The van der Waals surface area contributed by atoms with Gasteiger partial charge in [0, 0.05) is 37.4 Å².